The second kappa shape index (κ2) is 3.72. The first-order valence-electron chi connectivity index (χ1n) is 3.67. The number of aromatic amines is 1. The van der Waals surface area contributed by atoms with Gasteiger partial charge >= 0.3 is 0 Å². The summed E-state index contributed by atoms with van der Waals surface area (Å²) in [5.74, 6) is 0. The van der Waals surface area contributed by atoms with Gasteiger partial charge in [-0.25, -0.2) is 0 Å². The van der Waals surface area contributed by atoms with E-state index in [0.717, 1.165) is 15.6 Å². The van der Waals surface area contributed by atoms with Gasteiger partial charge in [-0.3, -0.25) is 4.79 Å². The molecule has 12 heavy (non-hydrogen) atoms. The molecular weight excluding hydrogens is 218 g/mol. The molecule has 0 aromatic carbocycles. The van der Waals surface area contributed by atoms with E-state index in [-0.39, 0.29) is 5.56 Å². The highest BCUT2D eigenvalue weighted by atomic mass is 79.9. The molecule has 0 fully saturated rings. The second-order valence-corrected chi connectivity index (χ2v) is 3.36. The molecule has 1 rings (SSSR count). The van der Waals surface area contributed by atoms with Gasteiger partial charge in [0.05, 0.1) is 0 Å². The molecule has 0 radical (unpaired) electrons. The van der Waals surface area contributed by atoms with Crippen molar-refractivity contribution in [1.29, 1.82) is 0 Å². The third-order valence-corrected chi connectivity index (χ3v) is 2.32. The highest BCUT2D eigenvalue weighted by Gasteiger charge is 2.02. The van der Waals surface area contributed by atoms with E-state index < -0.39 is 0 Å². The lowest BCUT2D eigenvalue weighted by Crippen LogP contribution is -2.10. The van der Waals surface area contributed by atoms with Crippen molar-refractivity contribution >= 4 is 22.0 Å². The van der Waals surface area contributed by atoms with Gasteiger partial charge in [0.25, 0.3) is 5.56 Å². The Labute approximate surface area is 79.5 Å². The number of hydrogen-bond donors (Lipinski definition) is 1. The van der Waals surface area contributed by atoms with Gasteiger partial charge in [0.2, 0.25) is 0 Å². The summed E-state index contributed by atoms with van der Waals surface area (Å²) in [6.45, 7) is 3.73. The zero-order valence-electron chi connectivity index (χ0n) is 7.02. The van der Waals surface area contributed by atoms with Gasteiger partial charge in [-0.1, -0.05) is 12.2 Å². The number of allylic oxidation sites excluding steroid dienone is 1. The number of pyridine rings is 1. The molecule has 0 aliphatic rings. The maximum Gasteiger partial charge on any atom is 0.251 e. The summed E-state index contributed by atoms with van der Waals surface area (Å²) < 4.78 is 0.915. The van der Waals surface area contributed by atoms with Gasteiger partial charge in [0.1, 0.15) is 0 Å². The first-order valence-corrected chi connectivity index (χ1v) is 4.46. The Kier molecular flexibility index (Phi) is 2.87. The zero-order valence-corrected chi connectivity index (χ0v) is 8.60. The fourth-order valence-corrected chi connectivity index (χ4v) is 1.53. The summed E-state index contributed by atoms with van der Waals surface area (Å²) in [5.41, 5.74) is 1.65. The second-order valence-electron chi connectivity index (χ2n) is 2.50. The Morgan fingerprint density at radius 1 is 1.58 bits per heavy atom. The van der Waals surface area contributed by atoms with Gasteiger partial charge in [0, 0.05) is 16.2 Å². The number of H-pyrrole nitrogens is 1. The van der Waals surface area contributed by atoms with E-state index in [0.29, 0.717) is 0 Å². The van der Waals surface area contributed by atoms with E-state index in [4.69, 9.17) is 0 Å². The molecule has 64 valence electrons. The molecule has 0 saturated carbocycles. The molecular formula is C9H10BrNO. The average molecular weight is 228 g/mol. The zero-order chi connectivity index (χ0) is 9.14. The Morgan fingerprint density at radius 3 is 2.83 bits per heavy atom. The van der Waals surface area contributed by atoms with Gasteiger partial charge in [-0.2, -0.15) is 0 Å². The fraction of sp³-hybridized carbons (Fsp3) is 0.222. The summed E-state index contributed by atoms with van der Waals surface area (Å²) in [6.07, 6.45) is 5.48. The Morgan fingerprint density at radius 2 is 2.25 bits per heavy atom. The quantitative estimate of drug-likeness (QED) is 0.786. The van der Waals surface area contributed by atoms with Gasteiger partial charge in [-0.15, -0.1) is 0 Å². The SMILES string of the molecule is C/C=C\c1c(Br)c[nH]c(=O)c1C. The van der Waals surface area contributed by atoms with Crippen LogP contribution in [-0.2, 0) is 0 Å². The lowest BCUT2D eigenvalue weighted by atomic mass is 10.1. The molecule has 1 N–H and O–H groups in total. The molecule has 0 aliphatic heterocycles. The third-order valence-electron chi connectivity index (χ3n) is 1.67. The minimum Gasteiger partial charge on any atom is -0.328 e. The van der Waals surface area contributed by atoms with Crippen LogP contribution in [0.15, 0.2) is 21.5 Å². The topological polar surface area (TPSA) is 32.9 Å². The van der Waals surface area contributed by atoms with E-state index in [9.17, 15) is 4.79 Å². The normalized spacial score (nSPS) is 10.9. The molecule has 1 heterocycles. The lowest BCUT2D eigenvalue weighted by molar-refractivity contribution is 1.16. The summed E-state index contributed by atoms with van der Waals surface area (Å²) >= 11 is 3.36. The maximum atomic E-state index is 11.2. The molecule has 1 aromatic rings. The molecule has 0 amide bonds. The summed E-state index contributed by atoms with van der Waals surface area (Å²) in [6, 6.07) is 0. The first kappa shape index (κ1) is 9.26. The van der Waals surface area contributed by atoms with Crippen molar-refractivity contribution in [3.63, 3.8) is 0 Å². The highest BCUT2D eigenvalue weighted by molar-refractivity contribution is 9.10. The van der Waals surface area contributed by atoms with Crippen molar-refractivity contribution in [3.05, 3.63) is 38.2 Å². The number of aromatic nitrogens is 1. The summed E-state index contributed by atoms with van der Waals surface area (Å²) in [5, 5.41) is 0. The number of halogens is 1. The van der Waals surface area contributed by atoms with Crippen LogP contribution in [0, 0.1) is 6.92 Å². The Hall–Kier alpha value is -0.830. The predicted octanol–water partition coefficient (Wildman–Crippen LogP) is 2.48. The van der Waals surface area contributed by atoms with Gasteiger partial charge in [-0.05, 0) is 35.3 Å². The van der Waals surface area contributed by atoms with Crippen LogP contribution in [0.4, 0.5) is 0 Å². The monoisotopic (exact) mass is 227 g/mol. The van der Waals surface area contributed by atoms with E-state index in [1.807, 2.05) is 19.1 Å². The molecule has 1 aromatic heterocycles. The lowest BCUT2D eigenvalue weighted by Gasteiger charge is -2.00. The minimum atomic E-state index is -0.0358. The van der Waals surface area contributed by atoms with Crippen LogP contribution in [0.1, 0.15) is 18.1 Å². The number of nitrogens with one attached hydrogen (secondary N) is 1. The van der Waals surface area contributed by atoms with Crippen molar-refractivity contribution in [1.82, 2.24) is 4.98 Å². The molecule has 2 nitrogen and oxygen atoms in total. The van der Waals surface area contributed by atoms with Crippen LogP contribution >= 0.6 is 15.9 Å². The van der Waals surface area contributed by atoms with Gasteiger partial charge < -0.3 is 4.98 Å². The van der Waals surface area contributed by atoms with Crippen LogP contribution in [0.5, 0.6) is 0 Å². The van der Waals surface area contributed by atoms with E-state index in [1.54, 1.807) is 13.1 Å². The molecule has 0 spiro atoms. The highest BCUT2D eigenvalue weighted by Crippen LogP contribution is 2.17. The van der Waals surface area contributed by atoms with Gasteiger partial charge in [0.15, 0.2) is 0 Å². The number of hydrogen-bond acceptors (Lipinski definition) is 1. The maximum absolute atomic E-state index is 11.2. The van der Waals surface area contributed by atoms with Crippen LogP contribution in [-0.4, -0.2) is 4.98 Å². The Balaban J connectivity index is 3.43. The van der Waals surface area contributed by atoms with Crippen molar-refractivity contribution in [2.45, 2.75) is 13.8 Å². The Bertz CT molecular complexity index is 365. The van der Waals surface area contributed by atoms with Crippen molar-refractivity contribution in [3.8, 4) is 0 Å². The standard InChI is InChI=1S/C9H10BrNO/c1-3-4-7-6(2)9(12)11-5-8(7)10/h3-5H,1-2H3,(H,11,12)/b4-3-. The van der Waals surface area contributed by atoms with Crippen molar-refractivity contribution < 1.29 is 0 Å². The smallest absolute Gasteiger partial charge is 0.251 e. The first-order chi connectivity index (χ1) is 5.66. The van der Waals surface area contributed by atoms with E-state index in [1.165, 1.54) is 0 Å². The minimum absolute atomic E-state index is 0.0358. The van der Waals surface area contributed by atoms with Crippen molar-refractivity contribution in [2.75, 3.05) is 0 Å². The summed E-state index contributed by atoms with van der Waals surface area (Å²) in [7, 11) is 0. The fourth-order valence-electron chi connectivity index (χ4n) is 0.988. The molecule has 0 aliphatic carbocycles. The predicted molar refractivity (Wildman–Crippen MR) is 54.2 cm³/mol. The summed E-state index contributed by atoms with van der Waals surface area (Å²) in [4.78, 5) is 13.8. The van der Waals surface area contributed by atoms with E-state index >= 15 is 0 Å². The molecule has 3 heteroatoms. The number of rotatable bonds is 1. The third kappa shape index (κ3) is 1.67. The van der Waals surface area contributed by atoms with Crippen LogP contribution in [0.3, 0.4) is 0 Å². The molecule has 0 atom stereocenters. The van der Waals surface area contributed by atoms with Crippen LogP contribution < -0.4 is 5.56 Å². The van der Waals surface area contributed by atoms with Crippen LogP contribution in [0.2, 0.25) is 0 Å². The molecule has 0 saturated heterocycles. The molecule has 0 unspecified atom stereocenters. The average Bonchev–Trinajstić information content (AvgIpc) is 2.06. The van der Waals surface area contributed by atoms with Crippen LogP contribution in [0.25, 0.3) is 6.08 Å². The van der Waals surface area contributed by atoms with E-state index in [2.05, 4.69) is 20.9 Å². The van der Waals surface area contributed by atoms with Crippen molar-refractivity contribution in [2.24, 2.45) is 0 Å². The molecule has 0 bridgehead atoms. The largest absolute Gasteiger partial charge is 0.328 e.